The number of aryl methyl sites for hydroxylation is 1. The van der Waals surface area contributed by atoms with Crippen LogP contribution in [0.2, 0.25) is 0 Å². The maximum absolute atomic E-state index is 12.5. The monoisotopic (exact) mass is 308 g/mol. The molecule has 2 aromatic rings. The van der Waals surface area contributed by atoms with Gasteiger partial charge >= 0.3 is 0 Å². The number of carbonyl (C=O) groups excluding carboxylic acids is 1. The van der Waals surface area contributed by atoms with Crippen LogP contribution in [0, 0.1) is 6.92 Å². The van der Waals surface area contributed by atoms with Gasteiger partial charge in [0.15, 0.2) is 0 Å². The smallest absolute Gasteiger partial charge is 0.265 e. The zero-order valence-corrected chi connectivity index (χ0v) is 12.8. The van der Waals surface area contributed by atoms with Crippen LogP contribution < -0.4 is 0 Å². The van der Waals surface area contributed by atoms with Crippen LogP contribution >= 0.6 is 22.7 Å². The zero-order chi connectivity index (χ0) is 14.1. The first-order valence-corrected chi connectivity index (χ1v) is 8.38. The summed E-state index contributed by atoms with van der Waals surface area (Å²) in [5.41, 5.74) is 1.88. The summed E-state index contributed by atoms with van der Waals surface area (Å²) in [6.45, 7) is 3.15. The molecular weight excluding hydrogens is 292 g/mol. The number of amides is 1. The first-order chi connectivity index (χ1) is 9.65. The van der Waals surface area contributed by atoms with E-state index in [1.165, 1.54) is 11.3 Å². The van der Waals surface area contributed by atoms with Gasteiger partial charge in [-0.05, 0) is 31.2 Å². The highest BCUT2D eigenvalue weighted by atomic mass is 32.1. The third-order valence-electron chi connectivity index (χ3n) is 3.51. The first kappa shape index (κ1) is 13.7. The van der Waals surface area contributed by atoms with E-state index in [4.69, 9.17) is 0 Å². The molecule has 1 aliphatic rings. The van der Waals surface area contributed by atoms with Crippen LogP contribution in [0.4, 0.5) is 0 Å². The van der Waals surface area contributed by atoms with Crippen molar-refractivity contribution in [2.45, 2.75) is 25.9 Å². The van der Waals surface area contributed by atoms with E-state index in [-0.39, 0.29) is 12.0 Å². The number of thiophene rings is 1. The van der Waals surface area contributed by atoms with Gasteiger partial charge in [-0.3, -0.25) is 4.79 Å². The Hall–Kier alpha value is -1.24. The molecule has 20 heavy (non-hydrogen) atoms. The Labute approximate surface area is 125 Å². The molecule has 0 atom stereocenters. The van der Waals surface area contributed by atoms with Gasteiger partial charge in [0.2, 0.25) is 0 Å². The second kappa shape index (κ2) is 5.63. The quantitative estimate of drug-likeness (QED) is 0.928. The average molecular weight is 308 g/mol. The molecule has 3 heterocycles. The van der Waals surface area contributed by atoms with Crippen molar-refractivity contribution in [3.63, 3.8) is 0 Å². The maximum atomic E-state index is 12.5. The van der Waals surface area contributed by atoms with Gasteiger partial charge in [0.1, 0.15) is 9.88 Å². The lowest BCUT2D eigenvalue weighted by Crippen LogP contribution is -2.39. The average Bonchev–Trinajstić information content (AvgIpc) is 3.08. The lowest BCUT2D eigenvalue weighted by molar-refractivity contribution is 0.0550. The Bertz CT molecular complexity index is 599. The molecule has 4 nitrogen and oxygen atoms in total. The van der Waals surface area contributed by atoms with Crippen molar-refractivity contribution in [1.29, 1.82) is 0 Å². The summed E-state index contributed by atoms with van der Waals surface area (Å²) in [7, 11) is 0. The van der Waals surface area contributed by atoms with Gasteiger partial charge in [-0.1, -0.05) is 0 Å². The fraction of sp³-hybridized carbons (Fsp3) is 0.429. The summed E-state index contributed by atoms with van der Waals surface area (Å²) < 4.78 is 0. The highest BCUT2D eigenvalue weighted by molar-refractivity contribution is 7.17. The topological polar surface area (TPSA) is 53.4 Å². The number of carbonyl (C=O) groups is 1. The van der Waals surface area contributed by atoms with Crippen molar-refractivity contribution in [2.24, 2.45) is 0 Å². The molecule has 6 heteroatoms. The van der Waals surface area contributed by atoms with Crippen LogP contribution in [0.3, 0.4) is 0 Å². The maximum Gasteiger partial charge on any atom is 0.265 e. The molecule has 2 aromatic heterocycles. The molecule has 0 unspecified atom stereocenters. The van der Waals surface area contributed by atoms with Gasteiger partial charge in [0, 0.05) is 24.0 Å². The molecular formula is C14H16N2O2S2. The van der Waals surface area contributed by atoms with Crippen LogP contribution in [0.25, 0.3) is 10.6 Å². The number of aromatic nitrogens is 1. The number of nitrogens with zero attached hydrogens (tertiary/aromatic N) is 2. The number of aliphatic hydroxyl groups is 1. The van der Waals surface area contributed by atoms with Crippen LogP contribution in [0.5, 0.6) is 0 Å². The highest BCUT2D eigenvalue weighted by Crippen LogP contribution is 2.30. The summed E-state index contributed by atoms with van der Waals surface area (Å²) in [6, 6.07) is 2.02. The fourth-order valence-electron chi connectivity index (χ4n) is 2.32. The Morgan fingerprint density at radius 2 is 2.20 bits per heavy atom. The van der Waals surface area contributed by atoms with Crippen molar-refractivity contribution in [1.82, 2.24) is 9.88 Å². The number of rotatable bonds is 2. The molecule has 1 amide bonds. The van der Waals surface area contributed by atoms with Crippen molar-refractivity contribution >= 4 is 28.6 Å². The summed E-state index contributed by atoms with van der Waals surface area (Å²) in [5, 5.41) is 14.5. The summed E-state index contributed by atoms with van der Waals surface area (Å²) in [4.78, 5) is 19.6. The molecule has 0 aromatic carbocycles. The van der Waals surface area contributed by atoms with Crippen molar-refractivity contribution in [2.75, 3.05) is 13.1 Å². The summed E-state index contributed by atoms with van der Waals surface area (Å²) in [6.07, 6.45) is 1.07. The molecule has 1 saturated heterocycles. The highest BCUT2D eigenvalue weighted by Gasteiger charge is 2.25. The normalized spacial score (nSPS) is 16.6. The van der Waals surface area contributed by atoms with E-state index >= 15 is 0 Å². The predicted molar refractivity (Wildman–Crippen MR) is 81.3 cm³/mol. The van der Waals surface area contributed by atoms with E-state index in [0.29, 0.717) is 25.9 Å². The standard InChI is InChI=1S/C14H16N2O2S2/c1-9-12(14(18)16-5-2-11(17)3-6-16)20-13(15-9)10-4-7-19-8-10/h4,7-8,11,17H,2-3,5-6H2,1H3. The molecule has 0 radical (unpaired) electrons. The number of likely N-dealkylation sites (tertiary alicyclic amines) is 1. The van der Waals surface area contributed by atoms with Gasteiger partial charge in [-0.2, -0.15) is 11.3 Å². The molecule has 0 bridgehead atoms. The van der Waals surface area contributed by atoms with E-state index in [2.05, 4.69) is 4.98 Å². The number of hydrogen-bond acceptors (Lipinski definition) is 5. The van der Waals surface area contributed by atoms with Crippen molar-refractivity contribution in [3.05, 3.63) is 27.4 Å². The van der Waals surface area contributed by atoms with E-state index in [9.17, 15) is 9.90 Å². The van der Waals surface area contributed by atoms with E-state index in [1.807, 2.05) is 28.7 Å². The molecule has 0 spiro atoms. The minimum Gasteiger partial charge on any atom is -0.393 e. The number of aliphatic hydroxyl groups excluding tert-OH is 1. The number of piperidine rings is 1. The summed E-state index contributed by atoms with van der Waals surface area (Å²) >= 11 is 3.09. The summed E-state index contributed by atoms with van der Waals surface area (Å²) in [5.74, 6) is 0.0494. The van der Waals surface area contributed by atoms with E-state index in [0.717, 1.165) is 21.1 Å². The van der Waals surface area contributed by atoms with Crippen LogP contribution in [0.15, 0.2) is 16.8 Å². The van der Waals surface area contributed by atoms with Crippen LogP contribution in [0.1, 0.15) is 28.2 Å². The third-order valence-corrected chi connectivity index (χ3v) is 5.39. The van der Waals surface area contributed by atoms with Gasteiger partial charge in [0.05, 0.1) is 11.8 Å². The van der Waals surface area contributed by atoms with Crippen LogP contribution in [-0.4, -0.2) is 40.1 Å². The van der Waals surface area contributed by atoms with Crippen LogP contribution in [-0.2, 0) is 0 Å². The van der Waals surface area contributed by atoms with Gasteiger partial charge in [-0.15, -0.1) is 11.3 Å². The van der Waals surface area contributed by atoms with Crippen molar-refractivity contribution in [3.8, 4) is 10.6 Å². The first-order valence-electron chi connectivity index (χ1n) is 6.62. The molecule has 1 N–H and O–H groups in total. The lowest BCUT2D eigenvalue weighted by Gasteiger charge is -2.29. The van der Waals surface area contributed by atoms with Gasteiger partial charge in [-0.25, -0.2) is 4.98 Å². The molecule has 106 valence electrons. The molecule has 0 aliphatic carbocycles. The Balaban J connectivity index is 1.81. The Morgan fingerprint density at radius 1 is 1.45 bits per heavy atom. The zero-order valence-electron chi connectivity index (χ0n) is 11.2. The fourth-order valence-corrected chi connectivity index (χ4v) is 4.06. The van der Waals surface area contributed by atoms with E-state index in [1.54, 1.807) is 11.3 Å². The minimum absolute atomic E-state index is 0.0494. The predicted octanol–water partition coefficient (Wildman–Crippen LogP) is 2.78. The van der Waals surface area contributed by atoms with Gasteiger partial charge < -0.3 is 10.0 Å². The minimum atomic E-state index is -0.261. The van der Waals surface area contributed by atoms with Gasteiger partial charge in [0.25, 0.3) is 5.91 Å². The molecule has 3 rings (SSSR count). The third kappa shape index (κ3) is 2.63. The van der Waals surface area contributed by atoms with E-state index < -0.39 is 0 Å². The Morgan fingerprint density at radius 3 is 2.85 bits per heavy atom. The largest absolute Gasteiger partial charge is 0.393 e. The SMILES string of the molecule is Cc1nc(-c2ccsc2)sc1C(=O)N1CCC(O)CC1. The number of thiazole rings is 1. The molecule has 1 aliphatic heterocycles. The Kier molecular flexibility index (Phi) is 3.87. The lowest BCUT2D eigenvalue weighted by atomic mass is 10.1. The number of hydrogen-bond donors (Lipinski definition) is 1. The second-order valence-corrected chi connectivity index (χ2v) is 6.75. The second-order valence-electron chi connectivity index (χ2n) is 4.97. The van der Waals surface area contributed by atoms with Crippen molar-refractivity contribution < 1.29 is 9.90 Å². The molecule has 1 fully saturated rings. The molecule has 0 saturated carbocycles.